The van der Waals surface area contributed by atoms with Crippen molar-refractivity contribution in [2.24, 2.45) is 5.92 Å². The molecule has 0 bridgehead atoms. The van der Waals surface area contributed by atoms with Crippen LogP contribution in [-0.2, 0) is 11.8 Å². The highest BCUT2D eigenvalue weighted by atomic mass is 14.4. The van der Waals surface area contributed by atoms with E-state index in [-0.39, 0.29) is 0 Å². The van der Waals surface area contributed by atoms with Gasteiger partial charge in [0.15, 0.2) is 0 Å². The van der Waals surface area contributed by atoms with E-state index in [9.17, 15) is 0 Å². The second kappa shape index (κ2) is 4.34. The summed E-state index contributed by atoms with van der Waals surface area (Å²) in [5, 5.41) is 5.61. The van der Waals surface area contributed by atoms with Gasteiger partial charge < -0.3 is 0 Å². The van der Waals surface area contributed by atoms with Gasteiger partial charge in [-0.3, -0.25) is 0 Å². The summed E-state index contributed by atoms with van der Waals surface area (Å²) in [6, 6.07) is 18.1. The first-order chi connectivity index (χ1) is 10.1. The lowest BCUT2D eigenvalue weighted by Crippen LogP contribution is -2.25. The molecule has 106 valence electrons. The Morgan fingerprint density at radius 3 is 2.43 bits per heavy atom. The molecule has 0 fully saturated rings. The summed E-state index contributed by atoms with van der Waals surface area (Å²) in [6.45, 7) is 7.16. The van der Waals surface area contributed by atoms with E-state index in [2.05, 4.69) is 69.3 Å². The minimum absolute atomic E-state index is 0.342. The monoisotopic (exact) mass is 274 g/mol. The fourth-order valence-electron chi connectivity index (χ4n) is 4.07. The largest absolute Gasteiger partial charge is 0.0619 e. The van der Waals surface area contributed by atoms with Gasteiger partial charge >= 0.3 is 0 Å². The lowest BCUT2D eigenvalue weighted by atomic mass is 9.74. The Kier molecular flexibility index (Phi) is 2.66. The Labute approximate surface area is 126 Å². The first-order valence-corrected chi connectivity index (χ1v) is 8.05. The van der Waals surface area contributed by atoms with E-state index < -0.39 is 0 Å². The number of rotatable bonds is 1. The Morgan fingerprint density at radius 2 is 1.62 bits per heavy atom. The summed E-state index contributed by atoms with van der Waals surface area (Å²) in [7, 11) is 0. The van der Waals surface area contributed by atoms with Gasteiger partial charge in [0.05, 0.1) is 0 Å². The third-order valence-corrected chi connectivity index (χ3v) is 5.82. The third-order valence-electron chi connectivity index (χ3n) is 5.82. The van der Waals surface area contributed by atoms with Crippen molar-refractivity contribution in [3.8, 4) is 0 Å². The Hall–Kier alpha value is -1.82. The van der Waals surface area contributed by atoms with Crippen LogP contribution in [0.2, 0.25) is 0 Å². The van der Waals surface area contributed by atoms with E-state index in [0.717, 1.165) is 0 Å². The van der Waals surface area contributed by atoms with Crippen LogP contribution >= 0.6 is 0 Å². The summed E-state index contributed by atoms with van der Waals surface area (Å²) in [4.78, 5) is 0. The van der Waals surface area contributed by atoms with Gasteiger partial charge in [-0.2, -0.15) is 0 Å². The van der Waals surface area contributed by atoms with E-state index in [1.165, 1.54) is 34.4 Å². The molecule has 1 atom stereocenters. The highest BCUT2D eigenvalue weighted by Crippen LogP contribution is 2.46. The quantitative estimate of drug-likeness (QED) is 0.488. The SMILES string of the molecule is CC(C)[C@@]1(C)CCc2c1ccc1c2ccc2ccccc21. The van der Waals surface area contributed by atoms with Gasteiger partial charge in [-0.05, 0) is 56.8 Å². The van der Waals surface area contributed by atoms with E-state index in [4.69, 9.17) is 0 Å². The van der Waals surface area contributed by atoms with Crippen LogP contribution in [0, 0.1) is 5.92 Å². The lowest BCUT2D eigenvalue weighted by molar-refractivity contribution is 0.337. The average Bonchev–Trinajstić information content (AvgIpc) is 2.86. The van der Waals surface area contributed by atoms with E-state index in [1.54, 1.807) is 11.1 Å². The van der Waals surface area contributed by atoms with Gasteiger partial charge in [-0.1, -0.05) is 69.3 Å². The predicted octanol–water partition coefficient (Wildman–Crippen LogP) is 5.85. The summed E-state index contributed by atoms with van der Waals surface area (Å²) in [6.07, 6.45) is 2.51. The van der Waals surface area contributed by atoms with Crippen LogP contribution in [0.1, 0.15) is 38.3 Å². The van der Waals surface area contributed by atoms with Crippen LogP contribution < -0.4 is 0 Å². The molecule has 1 aliphatic rings. The highest BCUT2D eigenvalue weighted by Gasteiger charge is 2.37. The topological polar surface area (TPSA) is 0 Å². The van der Waals surface area contributed by atoms with Gasteiger partial charge in [0.25, 0.3) is 0 Å². The maximum atomic E-state index is 2.44. The zero-order valence-electron chi connectivity index (χ0n) is 13.1. The first-order valence-electron chi connectivity index (χ1n) is 8.05. The van der Waals surface area contributed by atoms with Crippen molar-refractivity contribution in [2.45, 2.75) is 39.0 Å². The van der Waals surface area contributed by atoms with Crippen LogP contribution in [-0.4, -0.2) is 0 Å². The molecule has 4 rings (SSSR count). The van der Waals surface area contributed by atoms with Gasteiger partial charge in [0.2, 0.25) is 0 Å². The molecule has 3 aromatic rings. The maximum absolute atomic E-state index is 2.44. The van der Waals surface area contributed by atoms with Crippen molar-refractivity contribution in [1.29, 1.82) is 0 Å². The zero-order valence-corrected chi connectivity index (χ0v) is 13.1. The van der Waals surface area contributed by atoms with Gasteiger partial charge in [-0.15, -0.1) is 0 Å². The zero-order chi connectivity index (χ0) is 14.6. The summed E-state index contributed by atoms with van der Waals surface area (Å²) >= 11 is 0. The fourth-order valence-corrected chi connectivity index (χ4v) is 4.07. The molecule has 0 nitrogen and oxygen atoms in total. The maximum Gasteiger partial charge on any atom is -0.00462 e. The number of hydrogen-bond donors (Lipinski definition) is 0. The predicted molar refractivity (Wildman–Crippen MR) is 92.0 cm³/mol. The number of benzene rings is 3. The molecule has 21 heavy (non-hydrogen) atoms. The van der Waals surface area contributed by atoms with Crippen molar-refractivity contribution >= 4 is 21.5 Å². The second-order valence-corrected chi connectivity index (χ2v) is 7.05. The van der Waals surface area contributed by atoms with E-state index >= 15 is 0 Å². The molecule has 1 aliphatic carbocycles. The van der Waals surface area contributed by atoms with Crippen LogP contribution in [0.3, 0.4) is 0 Å². The molecule has 0 aliphatic heterocycles. The minimum Gasteiger partial charge on any atom is -0.0619 e. The highest BCUT2D eigenvalue weighted by molar-refractivity contribution is 6.08. The van der Waals surface area contributed by atoms with Crippen LogP contribution in [0.4, 0.5) is 0 Å². The Morgan fingerprint density at radius 1 is 0.857 bits per heavy atom. The molecule has 0 spiro atoms. The van der Waals surface area contributed by atoms with E-state index in [0.29, 0.717) is 11.3 Å². The Bertz CT molecular complexity index is 841. The van der Waals surface area contributed by atoms with Gasteiger partial charge in [0.1, 0.15) is 0 Å². The van der Waals surface area contributed by atoms with Crippen LogP contribution in [0.25, 0.3) is 21.5 Å². The molecule has 0 aromatic heterocycles. The molecule has 0 amide bonds. The lowest BCUT2D eigenvalue weighted by Gasteiger charge is -2.30. The standard InChI is InChI=1S/C21H22/c1-14(2)21(3)13-12-19-18-9-8-15-6-4-5-7-16(15)17(18)10-11-20(19)21/h4-11,14H,12-13H2,1-3H3/t21-/m1/s1. The van der Waals surface area contributed by atoms with Crippen LogP contribution in [0.5, 0.6) is 0 Å². The van der Waals surface area contributed by atoms with Crippen molar-refractivity contribution in [2.75, 3.05) is 0 Å². The number of aryl methyl sites for hydroxylation is 1. The van der Waals surface area contributed by atoms with E-state index in [1.807, 2.05) is 0 Å². The van der Waals surface area contributed by atoms with Crippen LogP contribution in [0.15, 0.2) is 48.5 Å². The summed E-state index contributed by atoms with van der Waals surface area (Å²) in [5.74, 6) is 0.691. The number of hydrogen-bond acceptors (Lipinski definition) is 0. The molecule has 0 radical (unpaired) electrons. The normalized spacial score (nSPS) is 21.3. The average molecular weight is 274 g/mol. The van der Waals surface area contributed by atoms with Crippen molar-refractivity contribution in [3.63, 3.8) is 0 Å². The van der Waals surface area contributed by atoms with Crippen molar-refractivity contribution in [3.05, 3.63) is 59.7 Å². The summed E-state index contributed by atoms with van der Waals surface area (Å²) < 4.78 is 0. The summed E-state index contributed by atoms with van der Waals surface area (Å²) in [5.41, 5.74) is 3.52. The molecule has 0 N–H and O–H groups in total. The fraction of sp³-hybridized carbons (Fsp3) is 0.333. The molecule has 0 saturated carbocycles. The van der Waals surface area contributed by atoms with Gasteiger partial charge in [0, 0.05) is 0 Å². The first kappa shape index (κ1) is 12.9. The van der Waals surface area contributed by atoms with Gasteiger partial charge in [-0.25, -0.2) is 0 Å². The molecule has 3 aromatic carbocycles. The molecule has 0 heterocycles. The Balaban J connectivity index is 2.06. The second-order valence-electron chi connectivity index (χ2n) is 7.05. The van der Waals surface area contributed by atoms with Crippen molar-refractivity contribution < 1.29 is 0 Å². The van der Waals surface area contributed by atoms with Crippen molar-refractivity contribution in [1.82, 2.24) is 0 Å². The molecular weight excluding hydrogens is 252 g/mol. The number of fused-ring (bicyclic) bond motifs is 5. The minimum atomic E-state index is 0.342. The molecule has 0 saturated heterocycles. The molecular formula is C21H22. The molecule has 0 unspecified atom stereocenters. The third kappa shape index (κ3) is 1.68. The molecule has 0 heteroatoms. The smallest absolute Gasteiger partial charge is 0.00462 e.